The summed E-state index contributed by atoms with van der Waals surface area (Å²) in [5.41, 5.74) is 0.0997. The van der Waals surface area contributed by atoms with Crippen molar-refractivity contribution < 1.29 is 4.74 Å². The molecule has 3 aromatic rings. The van der Waals surface area contributed by atoms with Crippen molar-refractivity contribution in [2.75, 3.05) is 0 Å². The maximum absolute atomic E-state index is 12.2. The minimum absolute atomic E-state index is 0.0997. The first-order valence-electron chi connectivity index (χ1n) is 5.00. The average molecular weight is 226 g/mol. The Labute approximate surface area is 94.7 Å². The third-order valence-electron chi connectivity index (χ3n) is 2.82. The topological polar surface area (TPSA) is 29.6 Å². The molecule has 1 aromatic heterocycles. The molecule has 0 bridgehead atoms. The van der Waals surface area contributed by atoms with Crippen LogP contribution in [0.1, 0.15) is 0 Å². The normalized spacial score (nSPS) is 12.5. The SMILES string of the molecule is O=c1c2ccccc2sc2cc3c(cc12)O3. The van der Waals surface area contributed by atoms with Crippen LogP contribution in [0.5, 0.6) is 11.5 Å². The van der Waals surface area contributed by atoms with Gasteiger partial charge in [-0.3, -0.25) is 4.79 Å². The molecule has 0 saturated carbocycles. The van der Waals surface area contributed by atoms with Crippen molar-refractivity contribution in [2.24, 2.45) is 0 Å². The van der Waals surface area contributed by atoms with Crippen molar-refractivity contribution in [2.45, 2.75) is 0 Å². The van der Waals surface area contributed by atoms with E-state index in [4.69, 9.17) is 4.74 Å². The summed E-state index contributed by atoms with van der Waals surface area (Å²) in [6.45, 7) is 0. The zero-order chi connectivity index (χ0) is 10.7. The fourth-order valence-electron chi connectivity index (χ4n) is 1.96. The van der Waals surface area contributed by atoms with E-state index >= 15 is 0 Å². The molecule has 1 aliphatic rings. The number of fused-ring (bicyclic) bond motifs is 3. The van der Waals surface area contributed by atoms with Gasteiger partial charge in [-0.25, -0.2) is 0 Å². The molecule has 0 aliphatic carbocycles. The van der Waals surface area contributed by atoms with Crippen LogP contribution >= 0.6 is 11.3 Å². The van der Waals surface area contributed by atoms with Gasteiger partial charge in [-0.2, -0.15) is 0 Å². The molecule has 0 radical (unpaired) electrons. The molecule has 16 heavy (non-hydrogen) atoms. The summed E-state index contributed by atoms with van der Waals surface area (Å²) in [5.74, 6) is 1.74. The van der Waals surface area contributed by atoms with E-state index in [0.29, 0.717) is 0 Å². The lowest BCUT2D eigenvalue weighted by molar-refractivity contribution is 0.650. The molecule has 0 atom stereocenters. The molecule has 2 heterocycles. The summed E-state index contributed by atoms with van der Waals surface area (Å²) in [7, 11) is 0. The molecule has 1 aliphatic heterocycles. The molecule has 0 N–H and O–H groups in total. The van der Waals surface area contributed by atoms with Gasteiger partial charge in [-0.1, -0.05) is 12.1 Å². The molecule has 4 rings (SSSR count). The monoisotopic (exact) mass is 226 g/mol. The number of rotatable bonds is 0. The van der Waals surface area contributed by atoms with Gasteiger partial charge in [0, 0.05) is 26.2 Å². The zero-order valence-electron chi connectivity index (χ0n) is 8.19. The lowest BCUT2D eigenvalue weighted by Crippen LogP contribution is -1.99. The van der Waals surface area contributed by atoms with E-state index < -0.39 is 0 Å². The Balaban J connectivity index is 2.33. The number of benzene rings is 2. The van der Waals surface area contributed by atoms with Gasteiger partial charge in [0.05, 0.1) is 0 Å². The molecule has 0 unspecified atom stereocenters. The van der Waals surface area contributed by atoms with Gasteiger partial charge < -0.3 is 4.74 Å². The van der Waals surface area contributed by atoms with Crippen molar-refractivity contribution in [1.29, 1.82) is 0 Å². The van der Waals surface area contributed by atoms with Crippen LogP contribution < -0.4 is 10.2 Å². The third kappa shape index (κ3) is 0.981. The second-order valence-corrected chi connectivity index (χ2v) is 4.91. The average Bonchev–Trinajstić information content (AvgIpc) is 3.05. The van der Waals surface area contributed by atoms with Gasteiger partial charge in [0.15, 0.2) is 16.9 Å². The quantitative estimate of drug-likeness (QED) is 0.339. The van der Waals surface area contributed by atoms with Crippen molar-refractivity contribution in [3.8, 4) is 11.5 Å². The maximum atomic E-state index is 12.2. The van der Waals surface area contributed by atoms with E-state index in [0.717, 1.165) is 31.7 Å². The zero-order valence-corrected chi connectivity index (χ0v) is 9.01. The molecule has 0 fully saturated rings. The van der Waals surface area contributed by atoms with E-state index in [2.05, 4.69) is 0 Å². The van der Waals surface area contributed by atoms with E-state index in [1.165, 1.54) is 0 Å². The lowest BCUT2D eigenvalue weighted by atomic mass is 10.2. The van der Waals surface area contributed by atoms with Crippen molar-refractivity contribution in [3.05, 3.63) is 46.6 Å². The van der Waals surface area contributed by atoms with Crippen LogP contribution in [-0.4, -0.2) is 0 Å². The van der Waals surface area contributed by atoms with Crippen LogP contribution in [0.15, 0.2) is 41.2 Å². The summed E-state index contributed by atoms with van der Waals surface area (Å²) < 4.78 is 7.26. The van der Waals surface area contributed by atoms with Crippen LogP contribution in [0.2, 0.25) is 0 Å². The number of ether oxygens (including phenoxy) is 1. The fourth-order valence-corrected chi connectivity index (χ4v) is 3.04. The Morgan fingerprint density at radius 3 is 2.69 bits per heavy atom. The molecule has 2 aromatic carbocycles. The third-order valence-corrected chi connectivity index (χ3v) is 3.95. The molecule has 3 heteroatoms. The van der Waals surface area contributed by atoms with Crippen LogP contribution in [0.3, 0.4) is 0 Å². The molecule has 0 spiro atoms. The van der Waals surface area contributed by atoms with Crippen molar-refractivity contribution in [3.63, 3.8) is 0 Å². The highest BCUT2D eigenvalue weighted by atomic mass is 32.1. The highest BCUT2D eigenvalue weighted by Crippen LogP contribution is 2.47. The number of hydrogen-bond acceptors (Lipinski definition) is 3. The lowest BCUT2D eigenvalue weighted by Gasteiger charge is -1.97. The Morgan fingerprint density at radius 2 is 1.75 bits per heavy atom. The molecular formula is C13H6O2S. The fraction of sp³-hybridized carbons (Fsp3) is 0. The molecular weight excluding hydrogens is 220 g/mol. The second kappa shape index (κ2) is 2.62. The van der Waals surface area contributed by atoms with Gasteiger partial charge in [0.25, 0.3) is 0 Å². The van der Waals surface area contributed by atoms with Gasteiger partial charge in [-0.05, 0) is 18.2 Å². The Bertz CT molecular complexity index is 802. The summed E-state index contributed by atoms with van der Waals surface area (Å²) in [5, 5.41) is 1.56. The molecule has 0 amide bonds. The van der Waals surface area contributed by atoms with Crippen LogP contribution in [0.25, 0.3) is 20.2 Å². The Kier molecular flexibility index (Phi) is 1.36. The summed E-state index contributed by atoms with van der Waals surface area (Å²) >= 11 is 1.63. The van der Waals surface area contributed by atoms with Crippen molar-refractivity contribution >= 4 is 31.5 Å². The smallest absolute Gasteiger partial charge is 0.196 e. The molecule has 0 saturated heterocycles. The highest BCUT2D eigenvalue weighted by molar-refractivity contribution is 7.24. The highest BCUT2D eigenvalue weighted by Gasteiger charge is 2.21. The van der Waals surface area contributed by atoms with Gasteiger partial charge >= 0.3 is 0 Å². The first-order chi connectivity index (χ1) is 7.83. The molecule has 76 valence electrons. The Hall–Kier alpha value is -1.87. The maximum Gasteiger partial charge on any atom is 0.196 e. The summed E-state index contributed by atoms with van der Waals surface area (Å²) in [6.07, 6.45) is 0. The van der Waals surface area contributed by atoms with Gasteiger partial charge in [-0.15, -0.1) is 11.3 Å². The Morgan fingerprint density at radius 1 is 0.938 bits per heavy atom. The van der Waals surface area contributed by atoms with Crippen molar-refractivity contribution in [1.82, 2.24) is 0 Å². The predicted molar refractivity (Wildman–Crippen MR) is 65.7 cm³/mol. The van der Waals surface area contributed by atoms with E-state index in [1.807, 2.05) is 36.4 Å². The van der Waals surface area contributed by atoms with E-state index in [1.54, 1.807) is 11.3 Å². The van der Waals surface area contributed by atoms with Crippen LogP contribution in [0.4, 0.5) is 0 Å². The summed E-state index contributed by atoms with van der Waals surface area (Å²) in [4.78, 5) is 12.2. The van der Waals surface area contributed by atoms with Gasteiger partial charge in [0.1, 0.15) is 0 Å². The minimum Gasteiger partial charge on any atom is -0.449 e. The van der Waals surface area contributed by atoms with E-state index in [-0.39, 0.29) is 5.43 Å². The molecule has 2 nitrogen and oxygen atoms in total. The first-order valence-corrected chi connectivity index (χ1v) is 5.82. The number of hydrogen-bond donors (Lipinski definition) is 0. The standard InChI is InChI=1S/C13H6O2S/c14-13-7-3-1-2-4-11(7)16-12-6-10-9(15-10)5-8(12)13/h1-6H. The van der Waals surface area contributed by atoms with E-state index in [9.17, 15) is 4.79 Å². The van der Waals surface area contributed by atoms with Gasteiger partial charge in [0.2, 0.25) is 0 Å². The summed E-state index contributed by atoms with van der Waals surface area (Å²) in [6, 6.07) is 11.5. The largest absolute Gasteiger partial charge is 0.449 e. The second-order valence-electron chi connectivity index (χ2n) is 3.82. The van der Waals surface area contributed by atoms with Crippen LogP contribution in [0, 0.1) is 0 Å². The first kappa shape index (κ1) is 8.30. The van der Waals surface area contributed by atoms with Crippen LogP contribution in [-0.2, 0) is 0 Å². The minimum atomic E-state index is 0.0997. The predicted octanol–water partition coefficient (Wildman–Crippen LogP) is 3.52.